The van der Waals surface area contributed by atoms with Crippen molar-refractivity contribution in [2.45, 2.75) is 12.8 Å². The molecule has 0 spiro atoms. The van der Waals surface area contributed by atoms with Crippen molar-refractivity contribution in [2.75, 3.05) is 18.4 Å². The summed E-state index contributed by atoms with van der Waals surface area (Å²) < 4.78 is 13.4. The zero-order chi connectivity index (χ0) is 20.9. The van der Waals surface area contributed by atoms with Crippen LogP contribution in [0.3, 0.4) is 0 Å². The van der Waals surface area contributed by atoms with Crippen LogP contribution in [-0.2, 0) is 4.79 Å². The van der Waals surface area contributed by atoms with Crippen LogP contribution in [0.1, 0.15) is 23.2 Å². The molecule has 0 aliphatic carbocycles. The molecule has 1 atom stereocenters. The van der Waals surface area contributed by atoms with Gasteiger partial charge in [-0.1, -0.05) is 24.3 Å². The van der Waals surface area contributed by atoms with Gasteiger partial charge in [0.15, 0.2) is 0 Å². The summed E-state index contributed by atoms with van der Waals surface area (Å²) >= 11 is 0. The smallest absolute Gasteiger partial charge is 0.253 e. The van der Waals surface area contributed by atoms with Gasteiger partial charge in [-0.05, 0) is 60.4 Å². The number of carbonyl (C=O) groups excluding carboxylic acids is 2. The molecule has 0 saturated carbocycles. The molecule has 1 fully saturated rings. The first-order valence-electron chi connectivity index (χ1n) is 9.96. The zero-order valence-corrected chi connectivity index (χ0v) is 16.4. The molecule has 0 unspecified atom stereocenters. The third-order valence-electron chi connectivity index (χ3n) is 5.32. The van der Waals surface area contributed by atoms with Crippen LogP contribution in [0.25, 0.3) is 11.1 Å². The average Bonchev–Trinajstić information content (AvgIpc) is 2.80. The maximum atomic E-state index is 13.4. The maximum absolute atomic E-state index is 13.4. The monoisotopic (exact) mass is 403 g/mol. The number of nitrogens with one attached hydrogen (secondary N) is 1. The van der Waals surface area contributed by atoms with Crippen molar-refractivity contribution in [3.05, 3.63) is 84.4 Å². The Morgan fingerprint density at radius 3 is 2.50 bits per heavy atom. The van der Waals surface area contributed by atoms with Gasteiger partial charge in [-0.25, -0.2) is 4.39 Å². The highest BCUT2D eigenvalue weighted by molar-refractivity contribution is 5.96. The number of hydrogen-bond donors (Lipinski definition) is 1. The van der Waals surface area contributed by atoms with E-state index in [0.717, 1.165) is 24.0 Å². The number of rotatable bonds is 4. The van der Waals surface area contributed by atoms with Crippen LogP contribution in [0.15, 0.2) is 73.1 Å². The van der Waals surface area contributed by atoms with Gasteiger partial charge in [-0.15, -0.1) is 0 Å². The lowest BCUT2D eigenvalue weighted by Crippen LogP contribution is -2.43. The molecular formula is C24H22FN3O2. The van der Waals surface area contributed by atoms with E-state index in [1.54, 1.807) is 47.6 Å². The fraction of sp³-hybridized carbons (Fsp3) is 0.208. The number of likely N-dealkylation sites (tertiary alicyclic amines) is 1. The average molecular weight is 403 g/mol. The van der Waals surface area contributed by atoms with Crippen LogP contribution in [0.2, 0.25) is 0 Å². The van der Waals surface area contributed by atoms with E-state index in [-0.39, 0.29) is 23.5 Å². The third kappa shape index (κ3) is 4.54. The Hall–Kier alpha value is -3.54. The fourth-order valence-electron chi connectivity index (χ4n) is 3.71. The van der Waals surface area contributed by atoms with E-state index in [2.05, 4.69) is 10.3 Å². The van der Waals surface area contributed by atoms with Gasteiger partial charge in [0.1, 0.15) is 5.82 Å². The molecule has 0 radical (unpaired) electrons. The second kappa shape index (κ2) is 8.86. The first-order chi connectivity index (χ1) is 14.6. The van der Waals surface area contributed by atoms with Crippen molar-refractivity contribution in [3.8, 4) is 11.1 Å². The van der Waals surface area contributed by atoms with Gasteiger partial charge in [0, 0.05) is 36.7 Å². The van der Waals surface area contributed by atoms with E-state index in [0.29, 0.717) is 24.3 Å². The number of aromatic nitrogens is 1. The first kappa shape index (κ1) is 19.8. The molecule has 0 bridgehead atoms. The molecule has 1 aromatic heterocycles. The van der Waals surface area contributed by atoms with E-state index in [9.17, 15) is 14.0 Å². The SMILES string of the molecule is O=C(Nc1ccc(-c2cccc(F)c2)cc1)[C@@H]1CCCN(C(=O)c2ccncc2)C1. The number of hydrogen-bond acceptors (Lipinski definition) is 3. The highest BCUT2D eigenvalue weighted by Gasteiger charge is 2.29. The molecule has 4 rings (SSSR count). The van der Waals surface area contributed by atoms with Crippen molar-refractivity contribution < 1.29 is 14.0 Å². The summed E-state index contributed by atoms with van der Waals surface area (Å²) in [5, 5.41) is 2.94. The van der Waals surface area contributed by atoms with Crippen molar-refractivity contribution in [3.63, 3.8) is 0 Å². The molecule has 5 nitrogen and oxygen atoms in total. The summed E-state index contributed by atoms with van der Waals surface area (Å²) in [5.74, 6) is -0.712. The molecule has 2 amide bonds. The van der Waals surface area contributed by atoms with E-state index in [4.69, 9.17) is 0 Å². The lowest BCUT2D eigenvalue weighted by Gasteiger charge is -2.32. The normalized spacial score (nSPS) is 16.2. The summed E-state index contributed by atoms with van der Waals surface area (Å²) in [4.78, 5) is 31.1. The van der Waals surface area contributed by atoms with Gasteiger partial charge in [-0.2, -0.15) is 0 Å². The van der Waals surface area contributed by atoms with Crippen LogP contribution in [0, 0.1) is 11.7 Å². The molecule has 30 heavy (non-hydrogen) atoms. The number of nitrogens with zero attached hydrogens (tertiary/aromatic N) is 2. The quantitative estimate of drug-likeness (QED) is 0.703. The standard InChI is InChI=1S/C24H22FN3O2/c25-21-5-1-3-19(15-21)17-6-8-22(9-7-17)27-23(29)20-4-2-14-28(16-20)24(30)18-10-12-26-13-11-18/h1,3,5-13,15,20H,2,4,14,16H2,(H,27,29)/t20-/m1/s1. The highest BCUT2D eigenvalue weighted by atomic mass is 19.1. The second-order valence-corrected chi connectivity index (χ2v) is 7.40. The van der Waals surface area contributed by atoms with E-state index in [1.165, 1.54) is 12.1 Å². The minimum absolute atomic E-state index is 0.0747. The van der Waals surface area contributed by atoms with Gasteiger partial charge in [0.05, 0.1) is 5.92 Å². The number of piperidine rings is 1. The van der Waals surface area contributed by atoms with Gasteiger partial charge in [0.2, 0.25) is 5.91 Å². The Balaban J connectivity index is 1.39. The molecule has 2 heterocycles. The van der Waals surface area contributed by atoms with Crippen LogP contribution in [0.5, 0.6) is 0 Å². The third-order valence-corrected chi connectivity index (χ3v) is 5.32. The van der Waals surface area contributed by atoms with Crippen LogP contribution < -0.4 is 5.32 Å². The number of amides is 2. The van der Waals surface area contributed by atoms with Crippen molar-refractivity contribution >= 4 is 17.5 Å². The van der Waals surface area contributed by atoms with E-state index >= 15 is 0 Å². The molecule has 2 aromatic carbocycles. The molecule has 6 heteroatoms. The topological polar surface area (TPSA) is 62.3 Å². The number of halogens is 1. The minimum Gasteiger partial charge on any atom is -0.338 e. The lowest BCUT2D eigenvalue weighted by atomic mass is 9.96. The summed E-state index contributed by atoms with van der Waals surface area (Å²) in [6, 6.07) is 17.1. The fourth-order valence-corrected chi connectivity index (χ4v) is 3.71. The van der Waals surface area contributed by atoms with Gasteiger partial charge in [0.25, 0.3) is 5.91 Å². The summed E-state index contributed by atoms with van der Waals surface area (Å²) in [5.41, 5.74) is 2.92. The van der Waals surface area contributed by atoms with E-state index < -0.39 is 0 Å². The number of anilines is 1. The summed E-state index contributed by atoms with van der Waals surface area (Å²) in [7, 11) is 0. The Morgan fingerprint density at radius 1 is 1.00 bits per heavy atom. The summed E-state index contributed by atoms with van der Waals surface area (Å²) in [6.45, 7) is 1.04. The number of benzene rings is 2. The Labute approximate surface area is 174 Å². The highest BCUT2D eigenvalue weighted by Crippen LogP contribution is 2.24. The van der Waals surface area contributed by atoms with E-state index in [1.807, 2.05) is 18.2 Å². The molecule has 1 N–H and O–H groups in total. The minimum atomic E-state index is -0.284. The largest absolute Gasteiger partial charge is 0.338 e. The van der Waals surface area contributed by atoms with Crippen LogP contribution in [0.4, 0.5) is 10.1 Å². The molecule has 1 aliphatic rings. The van der Waals surface area contributed by atoms with Gasteiger partial charge >= 0.3 is 0 Å². The molecule has 1 aliphatic heterocycles. The zero-order valence-electron chi connectivity index (χ0n) is 16.4. The molecule has 1 saturated heterocycles. The second-order valence-electron chi connectivity index (χ2n) is 7.40. The Bertz CT molecular complexity index is 1040. The molecule has 152 valence electrons. The molecule has 3 aromatic rings. The molecular weight excluding hydrogens is 381 g/mol. The lowest BCUT2D eigenvalue weighted by molar-refractivity contribution is -0.121. The van der Waals surface area contributed by atoms with Crippen LogP contribution >= 0.6 is 0 Å². The van der Waals surface area contributed by atoms with Crippen molar-refractivity contribution in [1.82, 2.24) is 9.88 Å². The predicted octanol–water partition coefficient (Wildman–Crippen LogP) is 4.38. The Morgan fingerprint density at radius 2 is 1.77 bits per heavy atom. The number of carbonyl (C=O) groups is 2. The summed E-state index contributed by atoms with van der Waals surface area (Å²) in [6.07, 6.45) is 4.71. The van der Waals surface area contributed by atoms with Crippen molar-refractivity contribution in [2.24, 2.45) is 5.92 Å². The maximum Gasteiger partial charge on any atom is 0.253 e. The van der Waals surface area contributed by atoms with Crippen LogP contribution in [-0.4, -0.2) is 34.8 Å². The predicted molar refractivity (Wildman–Crippen MR) is 113 cm³/mol. The van der Waals surface area contributed by atoms with Crippen molar-refractivity contribution in [1.29, 1.82) is 0 Å². The van der Waals surface area contributed by atoms with Gasteiger partial charge in [-0.3, -0.25) is 14.6 Å². The first-order valence-corrected chi connectivity index (χ1v) is 9.96. The Kier molecular flexibility index (Phi) is 5.84. The number of pyridine rings is 1. The van der Waals surface area contributed by atoms with Gasteiger partial charge < -0.3 is 10.2 Å².